The molecule has 148 valence electrons. The van der Waals surface area contributed by atoms with Crippen LogP contribution in [-0.2, 0) is 6.54 Å². The summed E-state index contributed by atoms with van der Waals surface area (Å²) in [5.74, 6) is 0. The van der Waals surface area contributed by atoms with Crippen LogP contribution in [0.4, 0.5) is 5.69 Å². The van der Waals surface area contributed by atoms with Gasteiger partial charge in [-0.25, -0.2) is 0 Å². The highest BCUT2D eigenvalue weighted by Crippen LogP contribution is 2.46. The zero-order valence-corrected chi connectivity index (χ0v) is 19.9. The number of aromatic nitrogens is 1. The highest BCUT2D eigenvalue weighted by atomic mass is 79.9. The van der Waals surface area contributed by atoms with E-state index >= 15 is 0 Å². The molecular weight excluding hydrogens is 512 g/mol. The Balaban J connectivity index is 1.67. The Hall–Kier alpha value is -1.60. The first kappa shape index (κ1) is 20.7. The summed E-state index contributed by atoms with van der Waals surface area (Å²) in [6, 6.07) is 14.8. The van der Waals surface area contributed by atoms with E-state index < -0.39 is 0 Å². The van der Waals surface area contributed by atoms with Crippen LogP contribution in [0.1, 0.15) is 12.5 Å². The Morgan fingerprint density at radius 1 is 1.10 bits per heavy atom. The second kappa shape index (κ2) is 9.04. The van der Waals surface area contributed by atoms with Crippen molar-refractivity contribution in [2.24, 2.45) is 0 Å². The van der Waals surface area contributed by atoms with Crippen LogP contribution in [0.5, 0.6) is 0 Å². The van der Waals surface area contributed by atoms with E-state index in [1.54, 1.807) is 11.8 Å². The number of allylic oxidation sites excluding steroid dienone is 2. The second-order valence-electron chi connectivity index (χ2n) is 6.65. The fraction of sp³-hybridized carbons (Fsp3) is 0.174. The topological polar surface area (TPSA) is 30.2 Å². The molecule has 4 rings (SSSR count). The standard InChI is InChI=1S/C23H20Br2N2OS/c1-2-26-11-10-16(19-8-6-17(24)14-20(19)26)4-3-5-23-27(12-13-28)21-15-18(25)7-9-22(21)29-23/h3-11,14-15H,2,12-13H2,1H3. The fourth-order valence-electron chi connectivity index (χ4n) is 3.50. The Morgan fingerprint density at radius 3 is 2.69 bits per heavy atom. The average molecular weight is 532 g/mol. The predicted molar refractivity (Wildman–Crippen MR) is 127 cm³/mol. The number of halogens is 2. The van der Waals surface area contributed by atoms with Gasteiger partial charge in [-0.1, -0.05) is 55.8 Å². The van der Waals surface area contributed by atoms with Gasteiger partial charge in [-0.15, -0.1) is 6.61 Å². The fourth-order valence-corrected chi connectivity index (χ4v) is 5.28. The van der Waals surface area contributed by atoms with Crippen molar-refractivity contribution in [3.05, 3.63) is 80.4 Å². The molecule has 2 heterocycles. The molecule has 2 aromatic carbocycles. The first-order valence-electron chi connectivity index (χ1n) is 9.44. The number of anilines is 1. The molecular formula is C23H20Br2N2OS. The Kier molecular flexibility index (Phi) is 6.44. The predicted octanol–water partition coefficient (Wildman–Crippen LogP) is 5.50. The molecule has 3 aromatic rings. The molecule has 1 aliphatic heterocycles. The molecule has 6 heteroatoms. The zero-order valence-electron chi connectivity index (χ0n) is 15.9. The summed E-state index contributed by atoms with van der Waals surface area (Å²) < 4.78 is 4.35. The maximum Gasteiger partial charge on any atom is 0.214 e. The van der Waals surface area contributed by atoms with Crippen LogP contribution in [-0.4, -0.2) is 13.2 Å². The molecule has 0 saturated carbocycles. The van der Waals surface area contributed by atoms with Crippen molar-refractivity contribution < 1.29 is 9.67 Å². The molecule has 0 aliphatic carbocycles. The van der Waals surface area contributed by atoms with E-state index in [1.165, 1.54) is 21.4 Å². The van der Waals surface area contributed by atoms with Crippen LogP contribution in [0.15, 0.2) is 79.7 Å². The molecule has 1 aliphatic rings. The molecule has 0 saturated heterocycles. The first-order valence-corrected chi connectivity index (χ1v) is 11.8. The van der Waals surface area contributed by atoms with Gasteiger partial charge in [0.1, 0.15) is 6.54 Å². The number of pyridine rings is 1. The van der Waals surface area contributed by atoms with Crippen LogP contribution < -0.4 is 14.6 Å². The molecule has 0 bridgehead atoms. The summed E-state index contributed by atoms with van der Waals surface area (Å²) in [6.45, 7) is 3.41. The van der Waals surface area contributed by atoms with Crippen molar-refractivity contribution in [3.63, 3.8) is 0 Å². The Bertz CT molecular complexity index is 1130. The molecule has 0 N–H and O–H groups in total. The van der Waals surface area contributed by atoms with Gasteiger partial charge in [0.15, 0.2) is 6.20 Å². The third-order valence-electron chi connectivity index (χ3n) is 4.88. The third kappa shape index (κ3) is 4.31. The normalized spacial score (nSPS) is 15.0. The maximum atomic E-state index is 11.3. The van der Waals surface area contributed by atoms with Gasteiger partial charge in [0.25, 0.3) is 0 Å². The Morgan fingerprint density at radius 2 is 1.90 bits per heavy atom. The number of hydrogen-bond donors (Lipinski definition) is 0. The number of nitrogens with zero attached hydrogens (tertiary/aromatic N) is 2. The van der Waals surface area contributed by atoms with E-state index in [2.05, 4.69) is 109 Å². The van der Waals surface area contributed by atoms with E-state index in [9.17, 15) is 5.11 Å². The minimum Gasteiger partial charge on any atom is -0.853 e. The summed E-state index contributed by atoms with van der Waals surface area (Å²) in [7, 11) is 0. The Labute approximate surface area is 192 Å². The van der Waals surface area contributed by atoms with Gasteiger partial charge in [-0.05, 0) is 48.9 Å². The van der Waals surface area contributed by atoms with Gasteiger partial charge in [-0.3, -0.25) is 0 Å². The van der Waals surface area contributed by atoms with E-state index in [0.29, 0.717) is 6.54 Å². The van der Waals surface area contributed by atoms with Gasteiger partial charge < -0.3 is 10.0 Å². The number of rotatable bonds is 5. The number of aryl methyl sites for hydroxylation is 1. The number of thioether (sulfide) groups is 1. The molecule has 1 aromatic heterocycles. The van der Waals surface area contributed by atoms with Gasteiger partial charge in [0.05, 0.1) is 16.1 Å². The van der Waals surface area contributed by atoms with Crippen molar-refractivity contribution in [1.82, 2.24) is 0 Å². The van der Waals surface area contributed by atoms with E-state index in [0.717, 1.165) is 26.2 Å². The molecule has 0 unspecified atom stereocenters. The van der Waals surface area contributed by atoms with Crippen molar-refractivity contribution in [3.8, 4) is 0 Å². The number of benzene rings is 2. The smallest absolute Gasteiger partial charge is 0.214 e. The average Bonchev–Trinajstić information content (AvgIpc) is 3.05. The summed E-state index contributed by atoms with van der Waals surface area (Å²) in [4.78, 5) is 3.29. The van der Waals surface area contributed by atoms with Gasteiger partial charge in [-0.2, -0.15) is 4.57 Å². The molecule has 3 nitrogen and oxygen atoms in total. The maximum absolute atomic E-state index is 11.3. The van der Waals surface area contributed by atoms with Crippen LogP contribution in [0.25, 0.3) is 17.0 Å². The van der Waals surface area contributed by atoms with E-state index in [-0.39, 0.29) is 6.61 Å². The largest absolute Gasteiger partial charge is 0.853 e. The monoisotopic (exact) mass is 530 g/mol. The summed E-state index contributed by atoms with van der Waals surface area (Å²) >= 11 is 8.82. The lowest BCUT2D eigenvalue weighted by molar-refractivity contribution is -0.667. The first-order chi connectivity index (χ1) is 14.1. The van der Waals surface area contributed by atoms with Crippen LogP contribution in [0.2, 0.25) is 0 Å². The van der Waals surface area contributed by atoms with E-state index in [4.69, 9.17) is 0 Å². The van der Waals surface area contributed by atoms with Crippen LogP contribution >= 0.6 is 43.6 Å². The summed E-state index contributed by atoms with van der Waals surface area (Å²) in [5, 5.41) is 13.6. The quantitative estimate of drug-likeness (QED) is 0.407. The molecule has 0 atom stereocenters. The SMILES string of the molecule is CC[n+]1ccc(/C=C/C=C2\Sc3ccc(Br)cc3N2CC[O-])c2ccc(Br)cc21. The highest BCUT2D eigenvalue weighted by molar-refractivity contribution is 9.10. The lowest BCUT2D eigenvalue weighted by atomic mass is 10.1. The van der Waals surface area contributed by atoms with Gasteiger partial charge in [0.2, 0.25) is 5.52 Å². The molecule has 0 fully saturated rings. The van der Waals surface area contributed by atoms with Crippen molar-refractivity contribution in [1.29, 1.82) is 0 Å². The van der Waals surface area contributed by atoms with Gasteiger partial charge in [0, 0.05) is 32.5 Å². The lowest BCUT2D eigenvalue weighted by Crippen LogP contribution is -2.32. The van der Waals surface area contributed by atoms with Gasteiger partial charge >= 0.3 is 0 Å². The highest BCUT2D eigenvalue weighted by Gasteiger charge is 2.23. The molecule has 29 heavy (non-hydrogen) atoms. The minimum atomic E-state index is -0.136. The zero-order chi connectivity index (χ0) is 20.4. The number of fused-ring (bicyclic) bond motifs is 2. The molecule has 0 spiro atoms. The number of hydrogen-bond acceptors (Lipinski definition) is 3. The minimum absolute atomic E-state index is 0.136. The summed E-state index contributed by atoms with van der Waals surface area (Å²) in [6.07, 6.45) is 8.44. The van der Waals surface area contributed by atoms with Crippen molar-refractivity contribution in [2.45, 2.75) is 18.4 Å². The lowest BCUT2D eigenvalue weighted by Gasteiger charge is -2.22. The van der Waals surface area contributed by atoms with Crippen molar-refractivity contribution in [2.75, 3.05) is 18.1 Å². The van der Waals surface area contributed by atoms with Crippen LogP contribution in [0, 0.1) is 0 Å². The third-order valence-corrected chi connectivity index (χ3v) is 6.99. The van der Waals surface area contributed by atoms with E-state index in [1.807, 2.05) is 6.07 Å². The second-order valence-corrected chi connectivity index (χ2v) is 9.55. The molecule has 0 radical (unpaired) electrons. The van der Waals surface area contributed by atoms with Crippen molar-refractivity contribution >= 4 is 66.3 Å². The van der Waals surface area contributed by atoms with Crippen LogP contribution in [0.3, 0.4) is 0 Å². The summed E-state index contributed by atoms with van der Waals surface area (Å²) in [5.41, 5.74) is 3.48. The molecule has 0 amide bonds.